The highest BCUT2D eigenvalue weighted by Gasteiger charge is 2.31. The number of nitrogens with zero attached hydrogens (tertiary/aromatic N) is 2. The van der Waals surface area contributed by atoms with Gasteiger partial charge in [-0.2, -0.15) is 10.5 Å². The zero-order chi connectivity index (χ0) is 16.7. The molecule has 6 heteroatoms. The van der Waals surface area contributed by atoms with Crippen molar-refractivity contribution in [3.63, 3.8) is 0 Å². The zero-order valence-corrected chi connectivity index (χ0v) is 12.7. The molecule has 1 rings (SSSR count). The van der Waals surface area contributed by atoms with Crippen LogP contribution in [0.2, 0.25) is 0 Å². The Hall–Kier alpha value is -2.86. The third kappa shape index (κ3) is 4.60. The molecule has 1 N–H and O–H groups in total. The van der Waals surface area contributed by atoms with Crippen LogP contribution in [0.4, 0.5) is 0 Å². The molecule has 0 heterocycles. The lowest BCUT2D eigenvalue weighted by Crippen LogP contribution is -2.42. The van der Waals surface area contributed by atoms with E-state index in [1.54, 1.807) is 38.1 Å². The van der Waals surface area contributed by atoms with E-state index >= 15 is 0 Å². The normalized spacial score (nSPS) is 12.6. The van der Waals surface area contributed by atoms with Crippen LogP contribution >= 0.6 is 0 Å². The molecule has 0 aliphatic carbocycles. The quantitative estimate of drug-likeness (QED) is 0.803. The lowest BCUT2D eigenvalue weighted by molar-refractivity contribution is -0.135. The van der Waals surface area contributed by atoms with Gasteiger partial charge in [0.2, 0.25) is 5.91 Å². The van der Waals surface area contributed by atoms with Crippen molar-refractivity contribution < 1.29 is 14.3 Å². The van der Waals surface area contributed by atoms with E-state index in [9.17, 15) is 9.59 Å². The molecule has 0 aromatic heterocycles. The first-order valence-corrected chi connectivity index (χ1v) is 6.79. The van der Waals surface area contributed by atoms with Gasteiger partial charge in [-0.3, -0.25) is 9.59 Å². The van der Waals surface area contributed by atoms with Crippen molar-refractivity contribution >= 4 is 11.7 Å². The van der Waals surface area contributed by atoms with Crippen molar-refractivity contribution in [2.75, 3.05) is 0 Å². The average molecular weight is 299 g/mol. The van der Waals surface area contributed by atoms with E-state index in [0.717, 1.165) is 0 Å². The first-order valence-electron chi connectivity index (χ1n) is 6.79. The second-order valence-corrected chi connectivity index (χ2v) is 5.03. The van der Waals surface area contributed by atoms with Crippen molar-refractivity contribution in [3.05, 3.63) is 29.8 Å². The zero-order valence-electron chi connectivity index (χ0n) is 12.7. The van der Waals surface area contributed by atoms with Gasteiger partial charge >= 0.3 is 0 Å². The Labute approximate surface area is 129 Å². The van der Waals surface area contributed by atoms with Gasteiger partial charge in [-0.05, 0) is 39.0 Å². The summed E-state index contributed by atoms with van der Waals surface area (Å²) in [5, 5.41) is 20.4. The predicted octanol–water partition coefficient (Wildman–Crippen LogP) is 1.56. The van der Waals surface area contributed by atoms with Crippen LogP contribution in [0, 0.1) is 28.6 Å². The lowest BCUT2D eigenvalue weighted by atomic mass is 10.0. The van der Waals surface area contributed by atoms with Gasteiger partial charge in [-0.1, -0.05) is 6.07 Å². The van der Waals surface area contributed by atoms with Crippen molar-refractivity contribution in [2.45, 2.75) is 32.9 Å². The van der Waals surface area contributed by atoms with Crippen LogP contribution in [0.5, 0.6) is 5.75 Å². The fourth-order valence-corrected chi connectivity index (χ4v) is 1.76. The van der Waals surface area contributed by atoms with Gasteiger partial charge in [0, 0.05) is 6.04 Å². The highest BCUT2D eigenvalue weighted by Crippen LogP contribution is 2.16. The van der Waals surface area contributed by atoms with Crippen molar-refractivity contribution in [2.24, 2.45) is 5.92 Å². The summed E-state index contributed by atoms with van der Waals surface area (Å²) in [6.45, 7) is 4.95. The summed E-state index contributed by atoms with van der Waals surface area (Å²) in [6.07, 6.45) is -0.975. The summed E-state index contributed by atoms with van der Waals surface area (Å²) in [5.74, 6) is -2.34. The molecule has 6 nitrogen and oxygen atoms in total. The lowest BCUT2D eigenvalue weighted by Gasteiger charge is -2.17. The molecule has 2 atom stereocenters. The number of nitrogens with one attached hydrogen (secondary N) is 1. The topological polar surface area (TPSA) is 103 Å². The first kappa shape index (κ1) is 17.2. The molecule has 1 aromatic carbocycles. The maximum atomic E-state index is 12.2. The molecule has 114 valence electrons. The molecule has 0 fully saturated rings. The van der Waals surface area contributed by atoms with Crippen LogP contribution < -0.4 is 10.1 Å². The molecule has 1 aromatic rings. The number of ether oxygens (including phenoxy) is 1. The van der Waals surface area contributed by atoms with Gasteiger partial charge < -0.3 is 10.1 Å². The van der Waals surface area contributed by atoms with Crippen LogP contribution in [0.25, 0.3) is 0 Å². The maximum Gasteiger partial charge on any atom is 0.245 e. The van der Waals surface area contributed by atoms with Crippen LogP contribution in [-0.4, -0.2) is 23.8 Å². The summed E-state index contributed by atoms with van der Waals surface area (Å²) >= 11 is 0. The number of hydrogen-bond donors (Lipinski definition) is 1. The molecule has 0 spiro atoms. The molecular formula is C16H17N3O3. The highest BCUT2D eigenvalue weighted by atomic mass is 16.5. The Morgan fingerprint density at radius 3 is 2.45 bits per heavy atom. The third-order valence-corrected chi connectivity index (χ3v) is 2.78. The molecular weight excluding hydrogens is 282 g/mol. The number of amides is 1. The van der Waals surface area contributed by atoms with Gasteiger partial charge in [-0.15, -0.1) is 0 Å². The molecule has 22 heavy (non-hydrogen) atoms. The van der Waals surface area contributed by atoms with Crippen LogP contribution in [0.1, 0.15) is 26.3 Å². The third-order valence-electron chi connectivity index (χ3n) is 2.78. The largest absolute Gasteiger partial charge is 0.483 e. The Kier molecular flexibility index (Phi) is 6.09. The molecule has 0 aliphatic rings. The van der Waals surface area contributed by atoms with Gasteiger partial charge in [0.15, 0.2) is 17.8 Å². The Morgan fingerprint density at radius 2 is 1.91 bits per heavy atom. The number of nitriles is 2. The summed E-state index contributed by atoms with van der Waals surface area (Å²) in [5.41, 5.74) is 0.395. The summed E-state index contributed by atoms with van der Waals surface area (Å²) in [7, 11) is 0. The Morgan fingerprint density at radius 1 is 1.23 bits per heavy atom. The van der Waals surface area contributed by atoms with E-state index in [0.29, 0.717) is 11.3 Å². The van der Waals surface area contributed by atoms with E-state index in [2.05, 4.69) is 5.32 Å². The van der Waals surface area contributed by atoms with Gasteiger partial charge in [0.25, 0.3) is 0 Å². The minimum atomic E-state index is -1.42. The molecule has 0 aliphatic heterocycles. The van der Waals surface area contributed by atoms with Gasteiger partial charge in [-0.25, -0.2) is 0 Å². The first-order chi connectivity index (χ1) is 10.4. The monoisotopic (exact) mass is 299 g/mol. The SMILES string of the molecule is CC(C)NC(=O)[C@@H](C#N)C(=O)[C@@H](C)Oc1cccc(C#N)c1. The summed E-state index contributed by atoms with van der Waals surface area (Å²) in [6, 6.07) is 9.81. The van der Waals surface area contributed by atoms with Crippen molar-refractivity contribution in [1.29, 1.82) is 10.5 Å². The number of Topliss-reactive ketones (excluding diaryl/α,β-unsaturated/α-hetero) is 1. The van der Waals surface area contributed by atoms with Crippen LogP contribution in [-0.2, 0) is 9.59 Å². The molecule has 0 radical (unpaired) electrons. The number of benzene rings is 1. The van der Waals surface area contributed by atoms with Crippen molar-refractivity contribution in [1.82, 2.24) is 5.32 Å². The predicted molar refractivity (Wildman–Crippen MR) is 78.6 cm³/mol. The minimum absolute atomic E-state index is 0.167. The molecule has 0 saturated heterocycles. The van der Waals surface area contributed by atoms with E-state index in [4.69, 9.17) is 15.3 Å². The average Bonchev–Trinajstić information content (AvgIpc) is 2.47. The number of carbonyl (C=O) groups excluding carboxylic acids is 2. The van der Waals surface area contributed by atoms with Gasteiger partial charge in [0.05, 0.1) is 17.7 Å². The minimum Gasteiger partial charge on any atom is -0.483 e. The van der Waals surface area contributed by atoms with Crippen LogP contribution in [0.15, 0.2) is 24.3 Å². The number of rotatable bonds is 6. The van der Waals surface area contributed by atoms with Gasteiger partial charge in [0.1, 0.15) is 5.75 Å². The Bertz CT molecular complexity index is 641. The fourth-order valence-electron chi connectivity index (χ4n) is 1.76. The maximum absolute atomic E-state index is 12.2. The van der Waals surface area contributed by atoms with E-state index in [1.165, 1.54) is 13.0 Å². The second kappa shape index (κ2) is 7.80. The van der Waals surface area contributed by atoms with E-state index < -0.39 is 23.7 Å². The summed E-state index contributed by atoms with van der Waals surface area (Å²) < 4.78 is 5.42. The smallest absolute Gasteiger partial charge is 0.245 e. The molecule has 0 saturated carbocycles. The fraction of sp³-hybridized carbons (Fsp3) is 0.375. The van der Waals surface area contributed by atoms with Crippen molar-refractivity contribution in [3.8, 4) is 17.9 Å². The molecule has 1 amide bonds. The number of hydrogen-bond acceptors (Lipinski definition) is 5. The number of carbonyl (C=O) groups is 2. The van der Waals surface area contributed by atoms with Crippen LogP contribution in [0.3, 0.4) is 0 Å². The number of ketones is 1. The standard InChI is InChI=1S/C16H17N3O3/c1-10(2)19-16(21)14(9-18)15(20)11(3)22-13-6-4-5-12(7-13)8-17/h4-7,10-11,14H,1-3H3,(H,19,21)/t11-,14+/m1/s1. The molecule has 0 bridgehead atoms. The highest BCUT2D eigenvalue weighted by molar-refractivity contribution is 6.05. The molecule has 0 unspecified atom stereocenters. The van der Waals surface area contributed by atoms with E-state index in [-0.39, 0.29) is 6.04 Å². The Balaban J connectivity index is 2.80. The second-order valence-electron chi connectivity index (χ2n) is 5.03. The summed E-state index contributed by atoms with van der Waals surface area (Å²) in [4.78, 5) is 24.0. The van der Waals surface area contributed by atoms with E-state index in [1.807, 2.05) is 6.07 Å².